The van der Waals surface area contributed by atoms with Gasteiger partial charge in [-0.15, -0.1) is 0 Å². The molecule has 6 nitrogen and oxygen atoms in total. The van der Waals surface area contributed by atoms with Crippen LogP contribution < -0.4 is 5.32 Å². The Kier molecular flexibility index (Phi) is 6.05. The molecule has 0 aliphatic carbocycles. The van der Waals surface area contributed by atoms with Crippen LogP contribution in [0.3, 0.4) is 0 Å². The zero-order valence-electron chi connectivity index (χ0n) is 15.9. The lowest BCUT2D eigenvalue weighted by atomic mass is 10.0. The van der Waals surface area contributed by atoms with Gasteiger partial charge >= 0.3 is 6.03 Å². The van der Waals surface area contributed by atoms with Gasteiger partial charge < -0.3 is 10.2 Å². The molecule has 1 aromatic carbocycles. The zero-order chi connectivity index (χ0) is 19.6. The molecule has 1 N–H and O–H groups in total. The molecule has 3 rings (SSSR count). The van der Waals surface area contributed by atoms with Gasteiger partial charge in [0, 0.05) is 37.9 Å². The van der Waals surface area contributed by atoms with E-state index in [2.05, 4.69) is 24.1 Å². The van der Waals surface area contributed by atoms with Crippen molar-refractivity contribution in [1.82, 2.24) is 9.80 Å². The van der Waals surface area contributed by atoms with Crippen LogP contribution >= 0.6 is 0 Å². The molecule has 1 aromatic rings. The lowest BCUT2D eigenvalue weighted by Gasteiger charge is -2.40. The average molecular weight is 398 g/mol. The first-order valence-electron chi connectivity index (χ1n) is 9.53. The Balaban J connectivity index is 1.70. The molecule has 0 bridgehead atoms. The zero-order valence-corrected chi connectivity index (χ0v) is 16.7. The Morgan fingerprint density at radius 1 is 1.19 bits per heavy atom. The van der Waals surface area contributed by atoms with E-state index in [1.807, 2.05) is 0 Å². The number of carbonyl (C=O) groups is 1. The Morgan fingerprint density at radius 3 is 2.52 bits per heavy atom. The van der Waals surface area contributed by atoms with Crippen molar-refractivity contribution >= 4 is 21.6 Å². The smallest absolute Gasteiger partial charge is 0.321 e. The molecule has 0 unspecified atom stereocenters. The Labute approximate surface area is 160 Å². The fourth-order valence-corrected chi connectivity index (χ4v) is 6.14. The van der Waals surface area contributed by atoms with Crippen molar-refractivity contribution in [2.24, 2.45) is 5.92 Å². The minimum Gasteiger partial charge on any atom is -0.324 e. The monoisotopic (exact) mass is 397 g/mol. The fraction of sp³-hybridized carbons (Fsp3) is 0.632. The molecular weight excluding hydrogens is 369 g/mol. The van der Waals surface area contributed by atoms with Crippen LogP contribution in [0.2, 0.25) is 0 Å². The van der Waals surface area contributed by atoms with Gasteiger partial charge in [0.1, 0.15) is 5.82 Å². The number of nitrogens with one attached hydrogen (secondary N) is 1. The van der Waals surface area contributed by atoms with Gasteiger partial charge in [-0.05, 0) is 43.0 Å². The van der Waals surface area contributed by atoms with Crippen molar-refractivity contribution < 1.29 is 17.6 Å². The molecule has 2 aliphatic heterocycles. The molecule has 8 heteroatoms. The summed E-state index contributed by atoms with van der Waals surface area (Å²) < 4.78 is 38.3. The highest BCUT2D eigenvalue weighted by atomic mass is 32.2. The summed E-state index contributed by atoms with van der Waals surface area (Å²) in [6.07, 6.45) is 1.10. The third-order valence-electron chi connectivity index (χ3n) is 5.38. The van der Waals surface area contributed by atoms with Crippen molar-refractivity contribution in [2.45, 2.75) is 38.0 Å². The van der Waals surface area contributed by atoms with E-state index in [9.17, 15) is 17.6 Å². The summed E-state index contributed by atoms with van der Waals surface area (Å²) in [5.41, 5.74) is 0.525. The first-order valence-corrected chi connectivity index (χ1v) is 11.2. The van der Waals surface area contributed by atoms with Crippen molar-refractivity contribution in [1.29, 1.82) is 0 Å². The number of hydrogen-bond donors (Lipinski definition) is 1. The second-order valence-corrected chi connectivity index (χ2v) is 10.2. The molecule has 27 heavy (non-hydrogen) atoms. The third kappa shape index (κ3) is 4.79. The molecule has 150 valence electrons. The molecule has 0 spiro atoms. The number of anilines is 1. The summed E-state index contributed by atoms with van der Waals surface area (Å²) in [6, 6.07) is 5.31. The van der Waals surface area contributed by atoms with Crippen LogP contribution in [0.4, 0.5) is 14.9 Å². The molecular formula is C19H28FN3O3S. The number of halogens is 1. The van der Waals surface area contributed by atoms with E-state index in [1.54, 1.807) is 4.90 Å². The summed E-state index contributed by atoms with van der Waals surface area (Å²) in [5.74, 6) is 0.303. The molecule has 2 fully saturated rings. The summed E-state index contributed by atoms with van der Waals surface area (Å²) in [7, 11) is -3.13. The Morgan fingerprint density at radius 2 is 1.85 bits per heavy atom. The summed E-state index contributed by atoms with van der Waals surface area (Å²) >= 11 is 0. The molecule has 2 heterocycles. The summed E-state index contributed by atoms with van der Waals surface area (Å²) in [4.78, 5) is 16.6. The summed E-state index contributed by atoms with van der Waals surface area (Å²) in [6.45, 7) is 6.64. The molecule has 2 aliphatic rings. The Hall–Kier alpha value is -1.67. The Bertz CT molecular complexity index is 767. The lowest BCUT2D eigenvalue weighted by Crippen LogP contribution is -2.55. The fourth-order valence-electron chi connectivity index (χ4n) is 4.09. The van der Waals surface area contributed by atoms with Crippen molar-refractivity contribution in [3.8, 4) is 0 Å². The number of fused-ring (bicyclic) bond motifs is 1. The van der Waals surface area contributed by atoms with Gasteiger partial charge in [-0.25, -0.2) is 17.6 Å². The van der Waals surface area contributed by atoms with Crippen LogP contribution in [0.1, 0.15) is 26.7 Å². The number of likely N-dealkylation sites (tertiary alicyclic amines) is 1. The SMILES string of the molecule is CC(C)CN1CCS(=O)(=O)[C@@H]2CCN(C(=O)Nc3ccc(F)cc3)CC[C@@H]21. The standard InChI is InChI=1S/C19H28FN3O3S/c1-14(2)13-23-11-12-27(25,26)18-8-10-22(9-7-17(18)23)19(24)21-16-5-3-15(20)4-6-16/h3-6,14,17-18H,7-13H2,1-2H3,(H,21,24)/t17-,18+/m0/s1. The summed E-state index contributed by atoms with van der Waals surface area (Å²) in [5, 5.41) is 2.36. The van der Waals surface area contributed by atoms with Crippen LogP contribution in [0.15, 0.2) is 24.3 Å². The van der Waals surface area contributed by atoms with Crippen molar-refractivity contribution in [3.05, 3.63) is 30.1 Å². The number of nitrogens with zero attached hydrogens (tertiary/aromatic N) is 2. The molecule has 2 saturated heterocycles. The maximum absolute atomic E-state index is 13.0. The van der Waals surface area contributed by atoms with E-state index < -0.39 is 15.1 Å². The largest absolute Gasteiger partial charge is 0.324 e. The quantitative estimate of drug-likeness (QED) is 0.851. The highest BCUT2D eigenvalue weighted by Crippen LogP contribution is 2.29. The number of carbonyl (C=O) groups excluding carboxylic acids is 1. The minimum atomic E-state index is -3.13. The lowest BCUT2D eigenvalue weighted by molar-refractivity contribution is 0.161. The van der Waals surface area contributed by atoms with Gasteiger partial charge in [0.15, 0.2) is 9.84 Å². The third-order valence-corrected chi connectivity index (χ3v) is 7.61. The van der Waals surface area contributed by atoms with Crippen LogP contribution in [-0.2, 0) is 9.84 Å². The second-order valence-electron chi connectivity index (χ2n) is 7.86. The highest BCUT2D eigenvalue weighted by Gasteiger charge is 2.43. The first-order chi connectivity index (χ1) is 12.8. The maximum Gasteiger partial charge on any atom is 0.321 e. The van der Waals surface area contributed by atoms with Crippen molar-refractivity contribution in [2.75, 3.05) is 37.2 Å². The topological polar surface area (TPSA) is 69.7 Å². The van der Waals surface area contributed by atoms with Crippen LogP contribution in [0, 0.1) is 11.7 Å². The number of sulfone groups is 1. The van der Waals surface area contributed by atoms with Crippen LogP contribution in [-0.4, -0.2) is 67.5 Å². The van der Waals surface area contributed by atoms with Crippen LogP contribution in [0.5, 0.6) is 0 Å². The van der Waals surface area contributed by atoms with Gasteiger partial charge in [-0.3, -0.25) is 4.90 Å². The van der Waals surface area contributed by atoms with Gasteiger partial charge in [0.25, 0.3) is 0 Å². The van der Waals surface area contributed by atoms with Gasteiger partial charge in [0.05, 0.1) is 11.0 Å². The van der Waals surface area contributed by atoms with E-state index in [0.717, 1.165) is 6.54 Å². The molecule has 0 saturated carbocycles. The van der Waals surface area contributed by atoms with E-state index in [-0.39, 0.29) is 23.6 Å². The number of hydrogen-bond acceptors (Lipinski definition) is 4. The number of amides is 2. The molecule has 2 amide bonds. The number of benzene rings is 1. The number of urea groups is 1. The van der Waals surface area contributed by atoms with Gasteiger partial charge in [-0.1, -0.05) is 13.8 Å². The molecule has 0 radical (unpaired) electrons. The maximum atomic E-state index is 13.0. The average Bonchev–Trinajstić information content (AvgIpc) is 2.83. The minimum absolute atomic E-state index is 0.0326. The van der Waals surface area contributed by atoms with Crippen molar-refractivity contribution in [3.63, 3.8) is 0 Å². The van der Waals surface area contributed by atoms with Gasteiger partial charge in [0.2, 0.25) is 0 Å². The van der Waals surface area contributed by atoms with Gasteiger partial charge in [-0.2, -0.15) is 0 Å². The van der Waals surface area contributed by atoms with E-state index in [1.165, 1.54) is 24.3 Å². The van der Waals surface area contributed by atoms with E-state index in [0.29, 0.717) is 44.1 Å². The second kappa shape index (κ2) is 8.14. The normalized spacial score (nSPS) is 25.7. The first kappa shape index (κ1) is 20.1. The van der Waals surface area contributed by atoms with E-state index >= 15 is 0 Å². The molecule has 0 aromatic heterocycles. The predicted molar refractivity (Wildman–Crippen MR) is 104 cm³/mol. The highest BCUT2D eigenvalue weighted by molar-refractivity contribution is 7.92. The molecule has 2 atom stereocenters. The predicted octanol–water partition coefficient (Wildman–Crippen LogP) is 2.58. The van der Waals surface area contributed by atoms with E-state index in [4.69, 9.17) is 0 Å². The number of rotatable bonds is 3. The van der Waals surface area contributed by atoms with Crippen LogP contribution in [0.25, 0.3) is 0 Å².